The van der Waals surface area contributed by atoms with Gasteiger partial charge in [0.1, 0.15) is 11.9 Å². The molecule has 0 aliphatic heterocycles. The fourth-order valence-electron chi connectivity index (χ4n) is 1.68. The highest BCUT2D eigenvalue weighted by Gasteiger charge is 2.19. The van der Waals surface area contributed by atoms with Gasteiger partial charge in [-0.2, -0.15) is 5.10 Å². The van der Waals surface area contributed by atoms with Crippen LogP contribution in [0.2, 0.25) is 0 Å². The van der Waals surface area contributed by atoms with Gasteiger partial charge in [-0.1, -0.05) is 0 Å². The Morgan fingerprint density at radius 3 is 2.56 bits per heavy atom. The van der Waals surface area contributed by atoms with Crippen molar-refractivity contribution in [2.24, 2.45) is 0 Å². The molecule has 0 bridgehead atoms. The van der Waals surface area contributed by atoms with Gasteiger partial charge in [0.2, 0.25) is 5.91 Å². The van der Waals surface area contributed by atoms with Gasteiger partial charge in [0.05, 0.1) is 11.4 Å². The van der Waals surface area contributed by atoms with E-state index in [2.05, 4.69) is 15.7 Å². The van der Waals surface area contributed by atoms with Gasteiger partial charge in [-0.15, -0.1) is 0 Å². The van der Waals surface area contributed by atoms with Crippen molar-refractivity contribution >= 4 is 17.4 Å². The largest absolute Gasteiger partial charge is 0.394 e. The van der Waals surface area contributed by atoms with E-state index in [4.69, 9.17) is 5.73 Å². The van der Waals surface area contributed by atoms with Crippen LogP contribution in [0.5, 0.6) is 0 Å². The number of nitrogens with one attached hydrogen (secondary N) is 2. The predicted molar refractivity (Wildman–Crippen MR) is 73.5 cm³/mol. The Morgan fingerprint density at radius 1 is 1.44 bits per heavy atom. The van der Waals surface area contributed by atoms with Crippen LogP contribution in [-0.4, -0.2) is 28.3 Å². The van der Waals surface area contributed by atoms with Crippen molar-refractivity contribution in [2.75, 3.05) is 17.6 Å². The Bertz CT molecular complexity index is 424. The second-order valence-corrected chi connectivity index (χ2v) is 4.65. The molecular formula is C12H23N5O. The molecular weight excluding hydrogens is 230 g/mol. The summed E-state index contributed by atoms with van der Waals surface area (Å²) in [5.74, 6) is 0.660. The molecule has 6 heteroatoms. The first-order valence-corrected chi connectivity index (χ1v) is 6.27. The number of nitrogen functional groups attached to an aromatic ring is 1. The van der Waals surface area contributed by atoms with Gasteiger partial charge in [-0.25, -0.2) is 4.68 Å². The van der Waals surface area contributed by atoms with Crippen molar-refractivity contribution in [1.29, 1.82) is 0 Å². The van der Waals surface area contributed by atoms with Gasteiger partial charge in [0.15, 0.2) is 0 Å². The molecule has 1 heterocycles. The molecule has 102 valence electrons. The van der Waals surface area contributed by atoms with Crippen molar-refractivity contribution in [3.8, 4) is 0 Å². The molecule has 0 fully saturated rings. The molecule has 0 radical (unpaired) electrons. The van der Waals surface area contributed by atoms with Gasteiger partial charge in [0.25, 0.3) is 0 Å². The summed E-state index contributed by atoms with van der Waals surface area (Å²) in [5, 5.41) is 10.3. The first kappa shape index (κ1) is 14.3. The van der Waals surface area contributed by atoms with Crippen molar-refractivity contribution < 1.29 is 4.79 Å². The number of anilines is 2. The molecule has 1 aromatic rings. The number of carbonyl (C=O) groups excluding carboxylic acids is 1. The summed E-state index contributed by atoms with van der Waals surface area (Å²) in [6.45, 7) is 10.2. The molecule has 0 aromatic carbocycles. The lowest BCUT2D eigenvalue weighted by Gasteiger charge is -2.18. The average molecular weight is 253 g/mol. The lowest BCUT2D eigenvalue weighted by atomic mass is 10.3. The van der Waals surface area contributed by atoms with Gasteiger partial charge >= 0.3 is 0 Å². The number of nitrogens with zero attached hydrogens (tertiary/aromatic N) is 2. The number of likely N-dealkylation sites (N-methyl/N-ethyl adjacent to an activating group) is 1. The predicted octanol–water partition coefficient (Wildman–Crippen LogP) is 1.29. The minimum atomic E-state index is -0.346. The maximum atomic E-state index is 11.7. The number of rotatable bonds is 5. The summed E-state index contributed by atoms with van der Waals surface area (Å²) < 4.78 is 1.81. The summed E-state index contributed by atoms with van der Waals surface area (Å²) in [4.78, 5) is 11.7. The lowest BCUT2D eigenvalue weighted by Crippen LogP contribution is -2.38. The number of aryl methyl sites for hydroxylation is 1. The third-order valence-corrected chi connectivity index (χ3v) is 2.72. The van der Waals surface area contributed by atoms with Crippen LogP contribution in [0.15, 0.2) is 0 Å². The van der Waals surface area contributed by atoms with Crippen LogP contribution in [-0.2, 0) is 4.79 Å². The van der Waals surface area contributed by atoms with Crippen LogP contribution in [0.3, 0.4) is 0 Å². The highest BCUT2D eigenvalue weighted by molar-refractivity contribution is 5.85. The van der Waals surface area contributed by atoms with E-state index in [0.29, 0.717) is 18.1 Å². The van der Waals surface area contributed by atoms with Gasteiger partial charge in [-0.3, -0.25) is 4.79 Å². The molecule has 1 atom stereocenters. The number of aromatic nitrogens is 2. The van der Waals surface area contributed by atoms with E-state index in [0.717, 1.165) is 5.69 Å². The molecule has 1 amide bonds. The van der Waals surface area contributed by atoms with Crippen LogP contribution < -0.4 is 16.4 Å². The molecule has 1 unspecified atom stereocenters. The zero-order chi connectivity index (χ0) is 13.9. The van der Waals surface area contributed by atoms with Crippen molar-refractivity contribution in [1.82, 2.24) is 15.1 Å². The highest BCUT2D eigenvalue weighted by atomic mass is 16.2. The van der Waals surface area contributed by atoms with Gasteiger partial charge in [-0.05, 0) is 34.6 Å². The topological polar surface area (TPSA) is 85.0 Å². The quantitative estimate of drug-likeness (QED) is 0.738. The zero-order valence-corrected chi connectivity index (χ0v) is 11.7. The summed E-state index contributed by atoms with van der Waals surface area (Å²) in [6, 6.07) is -0.161. The normalized spacial score (nSPS) is 12.6. The maximum Gasteiger partial charge on any atom is 0.242 e. The summed E-state index contributed by atoms with van der Waals surface area (Å²) in [7, 11) is 0. The lowest BCUT2D eigenvalue weighted by molar-refractivity contribution is -0.121. The number of hydrogen-bond acceptors (Lipinski definition) is 4. The van der Waals surface area contributed by atoms with E-state index in [9.17, 15) is 4.79 Å². The first-order valence-electron chi connectivity index (χ1n) is 6.27. The van der Waals surface area contributed by atoms with Crippen LogP contribution >= 0.6 is 0 Å². The van der Waals surface area contributed by atoms with E-state index in [1.165, 1.54) is 0 Å². The van der Waals surface area contributed by atoms with E-state index in [1.54, 1.807) is 11.6 Å². The third kappa shape index (κ3) is 2.94. The second kappa shape index (κ2) is 5.75. The average Bonchev–Trinajstić information content (AvgIpc) is 2.57. The Morgan fingerprint density at radius 2 is 2.06 bits per heavy atom. The highest BCUT2D eigenvalue weighted by Crippen LogP contribution is 2.26. The fourth-order valence-corrected chi connectivity index (χ4v) is 1.68. The molecule has 18 heavy (non-hydrogen) atoms. The summed E-state index contributed by atoms with van der Waals surface area (Å²) in [6.07, 6.45) is 0. The Labute approximate surface area is 108 Å². The van der Waals surface area contributed by atoms with Gasteiger partial charge in [0, 0.05) is 12.6 Å². The van der Waals surface area contributed by atoms with E-state index < -0.39 is 0 Å². The molecule has 6 nitrogen and oxygen atoms in total. The minimum absolute atomic E-state index is 0.0499. The SMILES string of the molecule is CCNC(=O)C(C)Nc1c(N)c(C)nn1C(C)C. The second-order valence-electron chi connectivity index (χ2n) is 4.65. The number of nitrogens with two attached hydrogens (primary N) is 1. The Hall–Kier alpha value is -1.72. The molecule has 0 spiro atoms. The number of carbonyl (C=O) groups is 1. The first-order chi connectivity index (χ1) is 8.38. The van der Waals surface area contributed by atoms with Crippen LogP contribution in [0, 0.1) is 6.92 Å². The molecule has 0 saturated heterocycles. The molecule has 1 rings (SSSR count). The molecule has 0 aliphatic rings. The van der Waals surface area contributed by atoms with Crippen LogP contribution in [0.25, 0.3) is 0 Å². The number of hydrogen-bond donors (Lipinski definition) is 3. The van der Waals surface area contributed by atoms with E-state index in [-0.39, 0.29) is 18.0 Å². The van der Waals surface area contributed by atoms with Crippen molar-refractivity contribution in [3.05, 3.63) is 5.69 Å². The van der Waals surface area contributed by atoms with Crippen molar-refractivity contribution in [3.63, 3.8) is 0 Å². The van der Waals surface area contributed by atoms with E-state index >= 15 is 0 Å². The zero-order valence-electron chi connectivity index (χ0n) is 11.7. The monoisotopic (exact) mass is 253 g/mol. The maximum absolute atomic E-state index is 11.7. The minimum Gasteiger partial charge on any atom is -0.394 e. The molecule has 4 N–H and O–H groups in total. The molecule has 1 aromatic heterocycles. The standard InChI is InChI=1S/C12H23N5O/c1-6-14-12(18)9(5)15-11-10(13)8(4)16-17(11)7(2)3/h7,9,15H,6,13H2,1-5H3,(H,14,18). The molecule has 0 saturated carbocycles. The fraction of sp³-hybridized carbons (Fsp3) is 0.667. The summed E-state index contributed by atoms with van der Waals surface area (Å²) >= 11 is 0. The van der Waals surface area contributed by atoms with E-state index in [1.807, 2.05) is 27.7 Å². The Balaban J connectivity index is 2.93. The van der Waals surface area contributed by atoms with Gasteiger partial charge < -0.3 is 16.4 Å². The molecule has 0 aliphatic carbocycles. The Kier molecular flexibility index (Phi) is 4.58. The van der Waals surface area contributed by atoms with Crippen LogP contribution in [0.1, 0.15) is 39.4 Å². The smallest absolute Gasteiger partial charge is 0.242 e. The van der Waals surface area contributed by atoms with Crippen molar-refractivity contribution in [2.45, 2.75) is 46.7 Å². The summed E-state index contributed by atoms with van der Waals surface area (Å²) in [5.41, 5.74) is 7.36. The van der Waals surface area contributed by atoms with Crippen LogP contribution in [0.4, 0.5) is 11.5 Å². The number of amides is 1. The third-order valence-electron chi connectivity index (χ3n) is 2.72.